The van der Waals surface area contributed by atoms with Gasteiger partial charge in [-0.05, 0) is 37.6 Å². The number of hydrogen-bond acceptors (Lipinski definition) is 5. The molecule has 0 radical (unpaired) electrons. The molecule has 1 rings (SSSR count). The Bertz CT molecular complexity index is 596. The lowest BCUT2D eigenvalue weighted by Gasteiger charge is -2.08. The smallest absolute Gasteiger partial charge is 0.166 e. The maximum atomic E-state index is 11.5. The molecule has 0 atom stereocenters. The summed E-state index contributed by atoms with van der Waals surface area (Å²) in [6.45, 7) is 3.31. The fraction of sp³-hybridized carbons (Fsp3) is 0.143. The summed E-state index contributed by atoms with van der Waals surface area (Å²) in [6.07, 6.45) is 10.2. The quantitative estimate of drug-likeness (QED) is 0.475. The highest BCUT2D eigenvalue weighted by Gasteiger charge is 2.11. The highest BCUT2D eigenvalue weighted by Crippen LogP contribution is 2.20. The molecule has 0 bridgehead atoms. The number of carbonyl (C=O) groups is 1. The molecule has 4 nitrogen and oxygen atoms in total. The van der Waals surface area contributed by atoms with Gasteiger partial charge in [0.15, 0.2) is 5.78 Å². The molecule has 6 heteroatoms. The summed E-state index contributed by atoms with van der Waals surface area (Å²) in [4.78, 5) is 16.2. The first kappa shape index (κ1) is 16.3. The predicted octanol–water partition coefficient (Wildman–Crippen LogP) is 2.93. The van der Waals surface area contributed by atoms with E-state index in [2.05, 4.69) is 4.99 Å². The molecule has 0 saturated carbocycles. The van der Waals surface area contributed by atoms with Gasteiger partial charge in [-0.2, -0.15) is 0 Å². The second kappa shape index (κ2) is 7.72. The lowest BCUT2D eigenvalue weighted by molar-refractivity contribution is -0.112. The number of ketones is 1. The number of carbonyl (C=O) groups excluding carboxylic acids is 1. The molecule has 0 aromatic heterocycles. The summed E-state index contributed by atoms with van der Waals surface area (Å²) in [5, 5.41) is 7.76. The Morgan fingerprint density at radius 1 is 1.50 bits per heavy atom. The van der Waals surface area contributed by atoms with Gasteiger partial charge in [0, 0.05) is 6.20 Å². The van der Waals surface area contributed by atoms with Crippen molar-refractivity contribution >= 4 is 45.5 Å². The van der Waals surface area contributed by atoms with Crippen LogP contribution in [0.5, 0.6) is 0 Å². The van der Waals surface area contributed by atoms with Gasteiger partial charge in [0.2, 0.25) is 0 Å². The van der Waals surface area contributed by atoms with Crippen molar-refractivity contribution in [2.75, 3.05) is 0 Å². The standard InChI is InChI=1S/C14H15N3OS2/c1-3-6-17-12-7-10(4-5-11(12)15)8-13(9(2)18)20-14(16)19/h3-8,15H,1-2H3,(H2,16,19)/b6-3-,13-8-,15-11?,17-12?. The van der Waals surface area contributed by atoms with Crippen molar-refractivity contribution in [3.05, 3.63) is 47.1 Å². The number of allylic oxidation sites excluding steroid dienone is 7. The lowest BCUT2D eigenvalue weighted by atomic mass is 10.0. The molecule has 0 fully saturated rings. The summed E-state index contributed by atoms with van der Waals surface area (Å²) in [6, 6.07) is 0. The number of nitrogens with two attached hydrogens (primary N) is 1. The van der Waals surface area contributed by atoms with Gasteiger partial charge in [-0.1, -0.05) is 36.1 Å². The van der Waals surface area contributed by atoms with E-state index in [0.29, 0.717) is 16.3 Å². The van der Waals surface area contributed by atoms with Crippen LogP contribution in [0.25, 0.3) is 0 Å². The SMILES string of the molecule is C/C=C\N=C1C=C(/C=C(\SC(N)=S)C(C)=O)C=CC1=N. The Morgan fingerprint density at radius 3 is 2.75 bits per heavy atom. The number of hydrogen-bond donors (Lipinski definition) is 2. The Kier molecular flexibility index (Phi) is 6.27. The maximum Gasteiger partial charge on any atom is 0.166 e. The largest absolute Gasteiger partial charge is 0.384 e. The van der Waals surface area contributed by atoms with Crippen molar-refractivity contribution < 1.29 is 4.79 Å². The molecule has 0 aliphatic heterocycles. The molecule has 0 heterocycles. The van der Waals surface area contributed by atoms with Gasteiger partial charge < -0.3 is 5.73 Å². The summed E-state index contributed by atoms with van der Waals surface area (Å²) in [5.41, 5.74) is 7.09. The highest BCUT2D eigenvalue weighted by molar-refractivity contribution is 8.26. The Morgan fingerprint density at radius 2 is 2.20 bits per heavy atom. The average Bonchev–Trinajstić information content (AvgIpc) is 2.37. The zero-order chi connectivity index (χ0) is 15.1. The van der Waals surface area contributed by atoms with Crippen LogP contribution in [0.4, 0.5) is 0 Å². The number of Topliss-reactive ketones (excluding diaryl/α,β-unsaturated/α-hetero) is 1. The zero-order valence-corrected chi connectivity index (χ0v) is 12.8. The first-order chi connectivity index (χ1) is 9.43. The molecule has 0 aromatic rings. The highest BCUT2D eigenvalue weighted by atomic mass is 32.2. The van der Waals surface area contributed by atoms with E-state index in [0.717, 1.165) is 17.3 Å². The molecule has 20 heavy (non-hydrogen) atoms. The summed E-state index contributed by atoms with van der Waals surface area (Å²) in [7, 11) is 0. The molecule has 3 N–H and O–H groups in total. The van der Waals surface area contributed by atoms with Crippen molar-refractivity contribution in [1.82, 2.24) is 0 Å². The van der Waals surface area contributed by atoms with Crippen LogP contribution in [0.15, 0.2) is 52.1 Å². The fourth-order valence-electron chi connectivity index (χ4n) is 1.36. The molecule has 0 aromatic carbocycles. The zero-order valence-electron chi connectivity index (χ0n) is 11.2. The second-order valence-corrected chi connectivity index (χ2v) is 5.66. The van der Waals surface area contributed by atoms with Crippen molar-refractivity contribution in [2.24, 2.45) is 10.7 Å². The van der Waals surface area contributed by atoms with Crippen molar-refractivity contribution in [1.29, 1.82) is 5.41 Å². The molecule has 0 unspecified atom stereocenters. The molecule has 0 spiro atoms. The first-order valence-corrected chi connectivity index (χ1v) is 7.04. The van der Waals surface area contributed by atoms with Crippen LogP contribution in [-0.2, 0) is 4.79 Å². The molecular weight excluding hydrogens is 290 g/mol. The van der Waals surface area contributed by atoms with E-state index in [1.54, 1.807) is 36.6 Å². The predicted molar refractivity (Wildman–Crippen MR) is 90.3 cm³/mol. The van der Waals surface area contributed by atoms with E-state index in [1.807, 2.05) is 6.92 Å². The number of thioether (sulfide) groups is 1. The van der Waals surface area contributed by atoms with Gasteiger partial charge in [-0.25, -0.2) is 0 Å². The van der Waals surface area contributed by atoms with Gasteiger partial charge >= 0.3 is 0 Å². The van der Waals surface area contributed by atoms with Crippen LogP contribution in [-0.4, -0.2) is 21.5 Å². The van der Waals surface area contributed by atoms with Crippen LogP contribution in [0, 0.1) is 5.41 Å². The Balaban J connectivity index is 3.11. The third-order valence-electron chi connectivity index (χ3n) is 2.24. The topological polar surface area (TPSA) is 79.3 Å². The van der Waals surface area contributed by atoms with Crippen LogP contribution >= 0.6 is 24.0 Å². The van der Waals surface area contributed by atoms with E-state index < -0.39 is 0 Å². The molecular formula is C14H15N3OS2. The van der Waals surface area contributed by atoms with Gasteiger partial charge in [-0.15, -0.1) is 0 Å². The lowest BCUT2D eigenvalue weighted by Crippen LogP contribution is -2.11. The van der Waals surface area contributed by atoms with E-state index in [9.17, 15) is 4.79 Å². The van der Waals surface area contributed by atoms with E-state index in [-0.39, 0.29) is 10.1 Å². The molecule has 104 valence electrons. The number of aliphatic imine (C=N–C) groups is 1. The van der Waals surface area contributed by atoms with Crippen molar-refractivity contribution in [2.45, 2.75) is 13.8 Å². The van der Waals surface area contributed by atoms with Crippen LogP contribution < -0.4 is 5.73 Å². The first-order valence-electron chi connectivity index (χ1n) is 5.81. The maximum absolute atomic E-state index is 11.5. The minimum absolute atomic E-state index is 0.107. The second-order valence-electron chi connectivity index (χ2n) is 3.87. The summed E-state index contributed by atoms with van der Waals surface area (Å²) < 4.78 is 0.197. The van der Waals surface area contributed by atoms with E-state index >= 15 is 0 Å². The van der Waals surface area contributed by atoms with Gasteiger partial charge in [-0.3, -0.25) is 15.2 Å². The third-order valence-corrected chi connectivity index (χ3v) is 3.32. The summed E-state index contributed by atoms with van der Waals surface area (Å²) >= 11 is 5.86. The average molecular weight is 305 g/mol. The van der Waals surface area contributed by atoms with Crippen LogP contribution in [0.1, 0.15) is 13.8 Å². The van der Waals surface area contributed by atoms with Crippen molar-refractivity contribution in [3.63, 3.8) is 0 Å². The van der Waals surface area contributed by atoms with E-state index in [1.165, 1.54) is 6.92 Å². The normalized spacial score (nSPS) is 17.7. The summed E-state index contributed by atoms with van der Waals surface area (Å²) in [5.74, 6) is -0.107. The fourth-order valence-corrected chi connectivity index (χ4v) is 2.19. The van der Waals surface area contributed by atoms with Crippen molar-refractivity contribution in [3.8, 4) is 0 Å². The molecule has 0 saturated heterocycles. The number of nitrogens with zero attached hydrogens (tertiary/aromatic N) is 1. The number of nitrogens with one attached hydrogen (secondary N) is 1. The van der Waals surface area contributed by atoms with E-state index in [4.69, 9.17) is 23.4 Å². The van der Waals surface area contributed by atoms with Crippen LogP contribution in [0.2, 0.25) is 0 Å². The van der Waals surface area contributed by atoms with Gasteiger partial charge in [0.05, 0.1) is 16.3 Å². The Labute approximate surface area is 127 Å². The minimum Gasteiger partial charge on any atom is -0.384 e. The Hall–Kier alpha value is -1.79. The number of rotatable bonds is 4. The van der Waals surface area contributed by atoms with Crippen LogP contribution in [0.3, 0.4) is 0 Å². The monoisotopic (exact) mass is 305 g/mol. The molecule has 1 aliphatic rings. The molecule has 0 amide bonds. The number of thiocarbonyl (C=S) groups is 1. The third kappa shape index (κ3) is 5.07. The minimum atomic E-state index is -0.107. The van der Waals surface area contributed by atoms with Gasteiger partial charge in [0.25, 0.3) is 0 Å². The molecule has 1 aliphatic carbocycles. The van der Waals surface area contributed by atoms with Gasteiger partial charge in [0.1, 0.15) is 4.32 Å².